The average molecular weight is 379 g/mol. The summed E-state index contributed by atoms with van der Waals surface area (Å²) in [6.07, 6.45) is 4.44. The topological polar surface area (TPSA) is 111 Å². The third-order valence-corrected chi connectivity index (χ3v) is 5.71. The quantitative estimate of drug-likeness (QED) is 0.653. The van der Waals surface area contributed by atoms with Gasteiger partial charge in [-0.25, -0.2) is 22.9 Å². The van der Waals surface area contributed by atoms with Crippen LogP contribution in [0.4, 0.5) is 0 Å². The van der Waals surface area contributed by atoms with Crippen molar-refractivity contribution < 1.29 is 22.4 Å². The maximum Gasteiger partial charge on any atom is 0.349 e. The van der Waals surface area contributed by atoms with Crippen molar-refractivity contribution in [3.05, 3.63) is 52.8 Å². The molecule has 130 valence electrons. The molecule has 0 fully saturated rings. The lowest BCUT2D eigenvalue weighted by molar-refractivity contribution is 0.0602. The molecular formula is C15H13N3O5S2. The second kappa shape index (κ2) is 7.13. The lowest BCUT2D eigenvalue weighted by Crippen LogP contribution is -2.25. The summed E-state index contributed by atoms with van der Waals surface area (Å²) in [5.74, 6) is -0.223. The van der Waals surface area contributed by atoms with Crippen LogP contribution in [0.5, 0.6) is 0 Å². The summed E-state index contributed by atoms with van der Waals surface area (Å²) in [5, 5.41) is 1.51. The van der Waals surface area contributed by atoms with Crippen LogP contribution in [-0.2, 0) is 21.3 Å². The Balaban J connectivity index is 1.85. The highest BCUT2D eigenvalue weighted by Gasteiger charge is 2.25. The number of carbonyl (C=O) groups excluding carboxylic acids is 1. The Morgan fingerprint density at radius 2 is 2.12 bits per heavy atom. The molecule has 0 aliphatic rings. The predicted octanol–water partition coefficient (Wildman–Crippen LogP) is 2.06. The Morgan fingerprint density at radius 1 is 1.32 bits per heavy atom. The van der Waals surface area contributed by atoms with E-state index in [0.29, 0.717) is 17.1 Å². The minimum atomic E-state index is -3.93. The number of hydrogen-bond acceptors (Lipinski definition) is 8. The molecule has 0 saturated carbocycles. The summed E-state index contributed by atoms with van der Waals surface area (Å²) >= 11 is 0.995. The van der Waals surface area contributed by atoms with Gasteiger partial charge in [-0.1, -0.05) is 0 Å². The van der Waals surface area contributed by atoms with E-state index in [-0.39, 0.29) is 16.3 Å². The van der Waals surface area contributed by atoms with E-state index in [9.17, 15) is 13.2 Å². The van der Waals surface area contributed by atoms with E-state index in [1.807, 2.05) is 0 Å². The average Bonchev–Trinajstić information content (AvgIpc) is 3.31. The fourth-order valence-corrected chi connectivity index (χ4v) is 4.43. The zero-order valence-electron chi connectivity index (χ0n) is 13.0. The summed E-state index contributed by atoms with van der Waals surface area (Å²) < 4.78 is 37.4. The van der Waals surface area contributed by atoms with Crippen molar-refractivity contribution in [3.8, 4) is 11.5 Å². The number of furan rings is 1. The van der Waals surface area contributed by atoms with E-state index in [4.69, 9.17) is 4.42 Å². The first-order valence-electron chi connectivity index (χ1n) is 7.02. The lowest BCUT2D eigenvalue weighted by Gasteiger charge is -2.08. The Morgan fingerprint density at radius 3 is 2.84 bits per heavy atom. The highest BCUT2D eigenvalue weighted by atomic mass is 32.2. The van der Waals surface area contributed by atoms with Crippen LogP contribution < -0.4 is 4.72 Å². The fourth-order valence-electron chi connectivity index (χ4n) is 2.11. The van der Waals surface area contributed by atoms with Gasteiger partial charge in [0.15, 0.2) is 5.76 Å². The lowest BCUT2D eigenvalue weighted by atomic mass is 10.2. The molecule has 0 amide bonds. The summed E-state index contributed by atoms with van der Waals surface area (Å²) in [6, 6.07) is 4.76. The van der Waals surface area contributed by atoms with E-state index >= 15 is 0 Å². The summed E-state index contributed by atoms with van der Waals surface area (Å²) in [5.41, 5.74) is 0.838. The molecule has 3 aromatic rings. The van der Waals surface area contributed by atoms with Crippen LogP contribution in [0.2, 0.25) is 0 Å². The van der Waals surface area contributed by atoms with Crippen LogP contribution in [0.15, 0.2) is 51.5 Å². The van der Waals surface area contributed by atoms with Gasteiger partial charge in [-0.2, -0.15) is 0 Å². The highest BCUT2D eigenvalue weighted by molar-refractivity contribution is 7.89. The van der Waals surface area contributed by atoms with Crippen molar-refractivity contribution in [3.63, 3.8) is 0 Å². The normalized spacial score (nSPS) is 11.4. The van der Waals surface area contributed by atoms with Gasteiger partial charge < -0.3 is 9.15 Å². The molecule has 0 radical (unpaired) electrons. The number of hydrogen-bond donors (Lipinski definition) is 1. The second-order valence-electron chi connectivity index (χ2n) is 4.76. The number of sulfonamides is 1. The molecule has 10 heteroatoms. The van der Waals surface area contributed by atoms with E-state index in [1.54, 1.807) is 12.1 Å². The van der Waals surface area contributed by atoms with E-state index in [0.717, 1.165) is 11.3 Å². The number of aromatic nitrogens is 2. The monoisotopic (exact) mass is 379 g/mol. The molecule has 0 spiro atoms. The third-order valence-electron chi connectivity index (χ3n) is 3.25. The molecule has 0 saturated heterocycles. The van der Waals surface area contributed by atoms with Crippen LogP contribution in [0, 0.1) is 0 Å². The Bertz CT molecular complexity index is 980. The van der Waals surface area contributed by atoms with Crippen LogP contribution in [0.25, 0.3) is 11.5 Å². The zero-order chi connectivity index (χ0) is 17.9. The summed E-state index contributed by atoms with van der Waals surface area (Å²) in [6.45, 7) is -0.108. The Labute approximate surface area is 147 Å². The number of ether oxygens (including phenoxy) is 1. The minimum absolute atomic E-state index is 0.0143. The predicted molar refractivity (Wildman–Crippen MR) is 89.4 cm³/mol. The van der Waals surface area contributed by atoms with Gasteiger partial charge in [0.1, 0.15) is 15.5 Å². The number of nitrogens with zero attached hydrogens (tertiary/aromatic N) is 2. The molecule has 3 aromatic heterocycles. The van der Waals surface area contributed by atoms with Crippen LogP contribution >= 0.6 is 11.3 Å². The number of carbonyl (C=O) groups is 1. The van der Waals surface area contributed by atoms with Crippen LogP contribution in [0.1, 0.15) is 15.4 Å². The third kappa shape index (κ3) is 3.60. The van der Waals surface area contributed by atoms with Crippen molar-refractivity contribution in [2.45, 2.75) is 11.4 Å². The van der Waals surface area contributed by atoms with Gasteiger partial charge in [-0.3, -0.25) is 4.98 Å². The first-order chi connectivity index (χ1) is 12.0. The fraction of sp³-hybridized carbons (Fsp3) is 0.133. The number of methoxy groups -OCH3 is 1. The molecule has 0 atom stereocenters. The van der Waals surface area contributed by atoms with Gasteiger partial charge in [0, 0.05) is 12.4 Å². The van der Waals surface area contributed by atoms with Crippen molar-refractivity contribution in [2.24, 2.45) is 0 Å². The van der Waals surface area contributed by atoms with Crippen LogP contribution in [0.3, 0.4) is 0 Å². The van der Waals surface area contributed by atoms with E-state index in [1.165, 1.54) is 37.2 Å². The highest BCUT2D eigenvalue weighted by Crippen LogP contribution is 2.24. The van der Waals surface area contributed by atoms with Gasteiger partial charge in [0.25, 0.3) is 0 Å². The van der Waals surface area contributed by atoms with Gasteiger partial charge in [0.2, 0.25) is 10.0 Å². The van der Waals surface area contributed by atoms with Gasteiger partial charge >= 0.3 is 5.97 Å². The van der Waals surface area contributed by atoms with Gasteiger partial charge in [0.05, 0.1) is 25.6 Å². The molecular weight excluding hydrogens is 366 g/mol. The van der Waals surface area contributed by atoms with Gasteiger partial charge in [-0.15, -0.1) is 11.3 Å². The maximum atomic E-state index is 12.5. The number of thiophene rings is 1. The Hall–Kier alpha value is -2.56. The minimum Gasteiger partial charge on any atom is -0.465 e. The largest absolute Gasteiger partial charge is 0.465 e. The van der Waals surface area contributed by atoms with E-state index < -0.39 is 16.0 Å². The van der Waals surface area contributed by atoms with Crippen molar-refractivity contribution in [1.29, 1.82) is 0 Å². The summed E-state index contributed by atoms with van der Waals surface area (Å²) in [4.78, 5) is 19.9. The molecule has 25 heavy (non-hydrogen) atoms. The molecule has 3 rings (SSSR count). The number of esters is 1. The van der Waals surface area contributed by atoms with Crippen LogP contribution in [-0.4, -0.2) is 31.5 Å². The molecule has 0 unspecified atom stereocenters. The number of rotatable bonds is 6. The SMILES string of the molecule is COC(=O)c1sccc1S(=O)(=O)NCc1nccnc1-c1ccco1. The second-order valence-corrected chi connectivity index (χ2v) is 7.41. The van der Waals surface area contributed by atoms with E-state index in [2.05, 4.69) is 19.4 Å². The first-order valence-corrected chi connectivity index (χ1v) is 9.38. The standard InChI is InChI=1S/C15H13N3O5S2/c1-22-15(19)14-12(4-8-24-14)25(20,21)18-9-10-13(17-6-5-16-10)11-3-2-7-23-11/h2-8,18H,9H2,1H3. The Kier molecular flexibility index (Phi) is 4.93. The molecule has 3 heterocycles. The zero-order valence-corrected chi connectivity index (χ0v) is 14.6. The van der Waals surface area contributed by atoms with Crippen molar-refractivity contribution in [1.82, 2.24) is 14.7 Å². The van der Waals surface area contributed by atoms with Crippen molar-refractivity contribution >= 4 is 27.3 Å². The molecule has 0 aliphatic heterocycles. The summed E-state index contributed by atoms with van der Waals surface area (Å²) in [7, 11) is -2.73. The first kappa shape index (κ1) is 17.3. The number of nitrogens with one attached hydrogen (secondary N) is 1. The smallest absolute Gasteiger partial charge is 0.349 e. The molecule has 0 bridgehead atoms. The van der Waals surface area contributed by atoms with Gasteiger partial charge in [-0.05, 0) is 23.6 Å². The van der Waals surface area contributed by atoms with Crippen molar-refractivity contribution in [2.75, 3.05) is 7.11 Å². The molecule has 1 N–H and O–H groups in total. The molecule has 0 aliphatic carbocycles. The molecule has 8 nitrogen and oxygen atoms in total. The maximum absolute atomic E-state index is 12.5. The molecule has 0 aromatic carbocycles.